The van der Waals surface area contributed by atoms with E-state index in [9.17, 15) is 14.4 Å². The summed E-state index contributed by atoms with van der Waals surface area (Å²) in [7, 11) is 0. The third-order valence-corrected chi connectivity index (χ3v) is 4.21. The van der Waals surface area contributed by atoms with Gasteiger partial charge < -0.3 is 19.7 Å². The molecule has 2 unspecified atom stereocenters. The SMILES string of the molecule is CC(OC=O)C1CN(C(=O)[C@H](C)NC(=O)OC(C)(C)C)c2ccccc21. The van der Waals surface area contributed by atoms with E-state index in [0.29, 0.717) is 13.0 Å². The number of hydrogen-bond donors (Lipinski definition) is 1. The van der Waals surface area contributed by atoms with Gasteiger partial charge in [-0.05, 0) is 46.2 Å². The molecule has 142 valence electrons. The molecule has 7 heteroatoms. The van der Waals surface area contributed by atoms with Crippen LogP contribution in [0, 0.1) is 0 Å². The normalized spacial score (nSPS) is 18.5. The molecule has 0 fully saturated rings. The lowest BCUT2D eigenvalue weighted by molar-refractivity contribution is -0.133. The van der Waals surface area contributed by atoms with Crippen LogP contribution in [0.5, 0.6) is 0 Å². The van der Waals surface area contributed by atoms with E-state index in [0.717, 1.165) is 11.3 Å². The van der Waals surface area contributed by atoms with Crippen molar-refractivity contribution in [2.24, 2.45) is 0 Å². The molecule has 0 spiro atoms. The van der Waals surface area contributed by atoms with Gasteiger partial charge in [0.05, 0.1) is 0 Å². The molecular weight excluding hydrogens is 336 g/mol. The van der Waals surface area contributed by atoms with Crippen molar-refractivity contribution in [2.45, 2.75) is 58.3 Å². The van der Waals surface area contributed by atoms with E-state index in [1.165, 1.54) is 0 Å². The molecule has 1 N–H and O–H groups in total. The van der Waals surface area contributed by atoms with E-state index in [4.69, 9.17) is 9.47 Å². The molecule has 1 aromatic rings. The van der Waals surface area contributed by atoms with Crippen molar-refractivity contribution in [1.29, 1.82) is 0 Å². The summed E-state index contributed by atoms with van der Waals surface area (Å²) in [5, 5.41) is 2.57. The van der Waals surface area contributed by atoms with Gasteiger partial charge in [0.1, 0.15) is 17.7 Å². The van der Waals surface area contributed by atoms with Crippen LogP contribution in [0.15, 0.2) is 24.3 Å². The van der Waals surface area contributed by atoms with E-state index >= 15 is 0 Å². The van der Waals surface area contributed by atoms with Gasteiger partial charge in [-0.2, -0.15) is 0 Å². The maximum Gasteiger partial charge on any atom is 0.408 e. The summed E-state index contributed by atoms with van der Waals surface area (Å²) in [6, 6.07) is 6.75. The summed E-state index contributed by atoms with van der Waals surface area (Å²) < 4.78 is 10.3. The first-order chi connectivity index (χ1) is 12.1. The largest absolute Gasteiger partial charge is 0.464 e. The summed E-state index contributed by atoms with van der Waals surface area (Å²) in [5.41, 5.74) is 1.07. The lowest BCUT2D eigenvalue weighted by atomic mass is 9.96. The average Bonchev–Trinajstić information content (AvgIpc) is 2.92. The Kier molecular flexibility index (Phi) is 5.90. The molecule has 1 aliphatic rings. The van der Waals surface area contributed by atoms with Gasteiger partial charge in [-0.25, -0.2) is 4.79 Å². The highest BCUT2D eigenvalue weighted by molar-refractivity contribution is 6.00. The van der Waals surface area contributed by atoms with E-state index in [1.54, 1.807) is 39.5 Å². The first-order valence-corrected chi connectivity index (χ1v) is 8.63. The number of nitrogens with zero attached hydrogens (tertiary/aromatic N) is 1. The Morgan fingerprint density at radius 2 is 1.92 bits per heavy atom. The van der Waals surface area contributed by atoms with Crippen molar-refractivity contribution in [3.8, 4) is 0 Å². The maximum atomic E-state index is 12.9. The number of para-hydroxylation sites is 1. The monoisotopic (exact) mass is 362 g/mol. The van der Waals surface area contributed by atoms with Crippen LogP contribution in [0.4, 0.5) is 10.5 Å². The van der Waals surface area contributed by atoms with Crippen LogP contribution < -0.4 is 10.2 Å². The van der Waals surface area contributed by atoms with Gasteiger partial charge in [0.25, 0.3) is 6.47 Å². The van der Waals surface area contributed by atoms with E-state index < -0.39 is 17.7 Å². The number of fused-ring (bicyclic) bond motifs is 1. The second kappa shape index (κ2) is 7.76. The van der Waals surface area contributed by atoms with Crippen molar-refractivity contribution in [3.63, 3.8) is 0 Å². The lowest BCUT2D eigenvalue weighted by Gasteiger charge is -2.25. The van der Waals surface area contributed by atoms with Gasteiger partial charge in [-0.3, -0.25) is 9.59 Å². The first kappa shape index (κ1) is 19.8. The van der Waals surface area contributed by atoms with Gasteiger partial charge >= 0.3 is 6.09 Å². The Balaban J connectivity index is 2.14. The average molecular weight is 362 g/mol. The minimum absolute atomic E-state index is 0.117. The molecule has 7 nitrogen and oxygen atoms in total. The van der Waals surface area contributed by atoms with Crippen LogP contribution in [0.25, 0.3) is 0 Å². The highest BCUT2D eigenvalue weighted by Crippen LogP contribution is 2.39. The summed E-state index contributed by atoms with van der Waals surface area (Å²) in [5.74, 6) is -0.363. The number of ether oxygens (including phenoxy) is 2. The number of benzene rings is 1. The Morgan fingerprint density at radius 3 is 2.54 bits per heavy atom. The number of alkyl carbamates (subject to hydrolysis) is 1. The van der Waals surface area contributed by atoms with Crippen LogP contribution in [-0.4, -0.2) is 42.8 Å². The van der Waals surface area contributed by atoms with Gasteiger partial charge in [0, 0.05) is 18.2 Å². The number of nitrogens with one attached hydrogen (secondary N) is 1. The van der Waals surface area contributed by atoms with Crippen LogP contribution in [-0.2, 0) is 19.1 Å². The van der Waals surface area contributed by atoms with Crippen LogP contribution in [0.2, 0.25) is 0 Å². The molecule has 26 heavy (non-hydrogen) atoms. The van der Waals surface area contributed by atoms with Crippen molar-refractivity contribution in [2.75, 3.05) is 11.4 Å². The predicted molar refractivity (Wildman–Crippen MR) is 97.0 cm³/mol. The minimum atomic E-state index is -0.751. The standard InChI is InChI=1S/C19H26N2O5/c1-12(20-18(24)26-19(3,4)5)17(23)21-10-15(13(2)25-11-22)14-8-6-7-9-16(14)21/h6-9,11-13,15H,10H2,1-5H3,(H,20,24)/t12-,13?,15?/m0/s1. The molecule has 0 radical (unpaired) electrons. The maximum absolute atomic E-state index is 12.9. The molecule has 1 aromatic carbocycles. The van der Waals surface area contributed by atoms with Gasteiger partial charge in [-0.15, -0.1) is 0 Å². The van der Waals surface area contributed by atoms with Crippen molar-refractivity contribution in [1.82, 2.24) is 5.32 Å². The Morgan fingerprint density at radius 1 is 1.27 bits per heavy atom. The Bertz CT molecular complexity index is 683. The van der Waals surface area contributed by atoms with Gasteiger partial charge in [0.2, 0.25) is 5.91 Å². The smallest absolute Gasteiger partial charge is 0.408 e. The molecule has 1 heterocycles. The molecule has 0 saturated carbocycles. The van der Waals surface area contributed by atoms with E-state index in [1.807, 2.05) is 24.3 Å². The molecule has 0 bridgehead atoms. The lowest BCUT2D eigenvalue weighted by Crippen LogP contribution is -2.48. The number of carbonyl (C=O) groups is 3. The molecular formula is C19H26N2O5. The number of carbonyl (C=O) groups excluding carboxylic acids is 3. The Hall–Kier alpha value is -2.57. The summed E-state index contributed by atoms with van der Waals surface area (Å²) in [4.78, 5) is 37.1. The summed E-state index contributed by atoms with van der Waals surface area (Å²) in [6.07, 6.45) is -0.999. The summed E-state index contributed by atoms with van der Waals surface area (Å²) in [6.45, 7) is 9.50. The zero-order valence-electron chi connectivity index (χ0n) is 15.8. The van der Waals surface area contributed by atoms with Crippen molar-refractivity contribution < 1.29 is 23.9 Å². The fourth-order valence-electron chi connectivity index (χ4n) is 3.01. The zero-order chi connectivity index (χ0) is 19.5. The molecule has 1 aliphatic heterocycles. The zero-order valence-corrected chi connectivity index (χ0v) is 15.8. The Labute approximate surface area is 153 Å². The van der Waals surface area contributed by atoms with Crippen LogP contribution in [0.3, 0.4) is 0 Å². The van der Waals surface area contributed by atoms with Gasteiger partial charge in [-0.1, -0.05) is 18.2 Å². The second-order valence-electron chi connectivity index (χ2n) is 7.42. The number of amides is 2. The van der Waals surface area contributed by atoms with E-state index in [2.05, 4.69) is 5.32 Å². The van der Waals surface area contributed by atoms with E-state index in [-0.39, 0.29) is 17.9 Å². The van der Waals surface area contributed by atoms with Crippen LogP contribution >= 0.6 is 0 Å². The minimum Gasteiger partial charge on any atom is -0.464 e. The van der Waals surface area contributed by atoms with Crippen molar-refractivity contribution in [3.05, 3.63) is 29.8 Å². The first-order valence-electron chi connectivity index (χ1n) is 8.63. The fourth-order valence-corrected chi connectivity index (χ4v) is 3.01. The molecule has 2 amide bonds. The molecule has 2 rings (SSSR count). The molecule has 3 atom stereocenters. The van der Waals surface area contributed by atoms with Crippen molar-refractivity contribution >= 4 is 24.2 Å². The van der Waals surface area contributed by atoms with Crippen LogP contribution in [0.1, 0.15) is 46.1 Å². The number of rotatable bonds is 5. The second-order valence-corrected chi connectivity index (χ2v) is 7.42. The molecule has 0 saturated heterocycles. The predicted octanol–water partition coefficient (Wildman–Crippen LogP) is 2.59. The number of anilines is 1. The fraction of sp³-hybridized carbons (Fsp3) is 0.526. The third-order valence-electron chi connectivity index (χ3n) is 4.21. The summed E-state index contributed by atoms with van der Waals surface area (Å²) >= 11 is 0. The highest BCUT2D eigenvalue weighted by atomic mass is 16.6. The highest BCUT2D eigenvalue weighted by Gasteiger charge is 2.37. The third kappa shape index (κ3) is 4.53. The number of hydrogen-bond acceptors (Lipinski definition) is 5. The topological polar surface area (TPSA) is 84.9 Å². The quantitative estimate of drug-likeness (QED) is 0.814. The molecule has 0 aliphatic carbocycles. The van der Waals surface area contributed by atoms with Gasteiger partial charge in [0.15, 0.2) is 0 Å². The molecule has 0 aromatic heterocycles.